The fraction of sp³-hybridized carbons (Fsp3) is 0.571. The molecule has 1 aromatic rings. The molecule has 1 aromatic carbocycles. The molecule has 0 amide bonds. The highest BCUT2D eigenvalue weighted by atomic mass is 79.9. The Morgan fingerprint density at radius 1 is 1.33 bits per heavy atom. The first kappa shape index (κ1) is 12.8. The summed E-state index contributed by atoms with van der Waals surface area (Å²) in [5.41, 5.74) is 1.42. The lowest BCUT2D eigenvalue weighted by atomic mass is 9.97. The lowest BCUT2D eigenvalue weighted by Gasteiger charge is -2.35. The van der Waals surface area contributed by atoms with Crippen LogP contribution < -0.4 is 10.2 Å². The van der Waals surface area contributed by atoms with E-state index in [0.717, 1.165) is 5.92 Å². The molecule has 1 fully saturated rings. The maximum absolute atomic E-state index is 3.72. The van der Waals surface area contributed by atoms with Crippen LogP contribution in [-0.2, 0) is 0 Å². The summed E-state index contributed by atoms with van der Waals surface area (Å²) in [6.07, 6.45) is 2.65. The number of para-hydroxylation sites is 1. The second-order valence-electron chi connectivity index (χ2n) is 5.07. The third kappa shape index (κ3) is 2.70. The topological polar surface area (TPSA) is 15.3 Å². The van der Waals surface area contributed by atoms with E-state index in [1.807, 2.05) is 11.8 Å². The summed E-state index contributed by atoms with van der Waals surface area (Å²) in [5, 5.41) is 3.45. The van der Waals surface area contributed by atoms with Gasteiger partial charge < -0.3 is 10.2 Å². The van der Waals surface area contributed by atoms with Gasteiger partial charge in [-0.1, -0.05) is 6.07 Å². The number of thioether (sulfide) groups is 1. The van der Waals surface area contributed by atoms with Crippen molar-refractivity contribution >= 4 is 33.4 Å². The molecule has 0 saturated carbocycles. The van der Waals surface area contributed by atoms with Gasteiger partial charge in [0.25, 0.3) is 0 Å². The number of benzene rings is 1. The minimum atomic E-state index is 0.856. The van der Waals surface area contributed by atoms with Gasteiger partial charge in [0.15, 0.2) is 0 Å². The van der Waals surface area contributed by atoms with Gasteiger partial charge in [-0.15, -0.1) is 11.8 Å². The van der Waals surface area contributed by atoms with E-state index in [2.05, 4.69) is 44.3 Å². The smallest absolute Gasteiger partial charge is 0.0649 e. The van der Waals surface area contributed by atoms with E-state index in [0.29, 0.717) is 0 Å². The van der Waals surface area contributed by atoms with Crippen molar-refractivity contribution in [1.29, 1.82) is 0 Å². The Bertz CT molecular complexity index is 418. The Balaban J connectivity index is 1.78. The summed E-state index contributed by atoms with van der Waals surface area (Å²) in [5.74, 6) is 2.07. The third-order valence-electron chi connectivity index (χ3n) is 3.82. The van der Waals surface area contributed by atoms with E-state index in [1.54, 1.807) is 0 Å². The zero-order valence-electron chi connectivity index (χ0n) is 10.5. The molecule has 0 atom stereocenters. The number of halogens is 1. The van der Waals surface area contributed by atoms with Crippen molar-refractivity contribution in [3.8, 4) is 0 Å². The fourth-order valence-corrected chi connectivity index (χ4v) is 4.69. The van der Waals surface area contributed by atoms with Gasteiger partial charge in [-0.25, -0.2) is 0 Å². The van der Waals surface area contributed by atoms with Gasteiger partial charge in [0.1, 0.15) is 0 Å². The zero-order valence-corrected chi connectivity index (χ0v) is 12.9. The van der Waals surface area contributed by atoms with Crippen LogP contribution in [0, 0.1) is 5.92 Å². The van der Waals surface area contributed by atoms with Crippen LogP contribution in [0.15, 0.2) is 27.6 Å². The minimum Gasteiger partial charge on any atom is -0.369 e. The molecule has 1 N–H and O–H groups in total. The normalized spacial score (nSPS) is 20.8. The average molecular weight is 327 g/mol. The fourth-order valence-electron chi connectivity index (χ4n) is 2.86. The van der Waals surface area contributed by atoms with Crippen molar-refractivity contribution in [2.24, 2.45) is 5.92 Å². The molecule has 18 heavy (non-hydrogen) atoms. The molecular formula is C14H19BrN2S. The van der Waals surface area contributed by atoms with Crippen LogP contribution in [0.3, 0.4) is 0 Å². The molecule has 0 unspecified atom stereocenters. The number of anilines is 1. The summed E-state index contributed by atoms with van der Waals surface area (Å²) >= 11 is 5.70. The van der Waals surface area contributed by atoms with Crippen molar-refractivity contribution in [2.75, 3.05) is 36.8 Å². The van der Waals surface area contributed by atoms with Crippen molar-refractivity contribution < 1.29 is 0 Å². The average Bonchev–Trinajstić information content (AvgIpc) is 2.40. The molecule has 2 nitrogen and oxygen atoms in total. The standard InChI is InChI=1S/C14H19BrN2S/c15-12-2-1-3-13-14(12)17(8-9-18-13)10-11-4-6-16-7-5-11/h1-3,11,16H,4-10H2. The molecule has 3 rings (SSSR count). The van der Waals surface area contributed by atoms with Crippen molar-refractivity contribution in [1.82, 2.24) is 5.32 Å². The van der Waals surface area contributed by atoms with Crippen LogP contribution in [-0.4, -0.2) is 31.9 Å². The second-order valence-corrected chi connectivity index (χ2v) is 7.07. The molecule has 1 saturated heterocycles. The Morgan fingerprint density at radius 2 is 2.17 bits per heavy atom. The van der Waals surface area contributed by atoms with Crippen LogP contribution >= 0.6 is 27.7 Å². The third-order valence-corrected chi connectivity index (χ3v) is 5.49. The van der Waals surface area contributed by atoms with Crippen molar-refractivity contribution in [3.05, 3.63) is 22.7 Å². The van der Waals surface area contributed by atoms with E-state index in [9.17, 15) is 0 Å². The summed E-state index contributed by atoms with van der Waals surface area (Å²) in [6, 6.07) is 6.56. The van der Waals surface area contributed by atoms with E-state index in [4.69, 9.17) is 0 Å². The van der Waals surface area contributed by atoms with E-state index in [-0.39, 0.29) is 0 Å². The predicted molar refractivity (Wildman–Crippen MR) is 82.7 cm³/mol. The van der Waals surface area contributed by atoms with E-state index < -0.39 is 0 Å². The molecule has 0 aliphatic carbocycles. The summed E-state index contributed by atoms with van der Waals surface area (Å²) in [7, 11) is 0. The largest absolute Gasteiger partial charge is 0.369 e. The van der Waals surface area contributed by atoms with Crippen LogP contribution in [0.2, 0.25) is 0 Å². The second kappa shape index (κ2) is 5.85. The van der Waals surface area contributed by atoms with Crippen molar-refractivity contribution in [3.63, 3.8) is 0 Å². The molecule has 2 heterocycles. The number of hydrogen-bond donors (Lipinski definition) is 1. The monoisotopic (exact) mass is 326 g/mol. The van der Waals surface area contributed by atoms with Gasteiger partial charge in [-0.2, -0.15) is 0 Å². The van der Waals surface area contributed by atoms with Gasteiger partial charge in [0.2, 0.25) is 0 Å². The minimum absolute atomic E-state index is 0.856. The summed E-state index contributed by atoms with van der Waals surface area (Å²) in [6.45, 7) is 4.79. The van der Waals surface area contributed by atoms with Crippen LogP contribution in [0.1, 0.15) is 12.8 Å². The van der Waals surface area contributed by atoms with Gasteiger partial charge in [0.05, 0.1) is 5.69 Å². The molecule has 0 bridgehead atoms. The highest BCUT2D eigenvalue weighted by molar-refractivity contribution is 9.10. The lowest BCUT2D eigenvalue weighted by molar-refractivity contribution is 0.374. The number of hydrogen-bond acceptors (Lipinski definition) is 3. The predicted octanol–water partition coefficient (Wildman–Crippen LogP) is 3.36. The van der Waals surface area contributed by atoms with Gasteiger partial charge in [-0.05, 0) is 59.9 Å². The first-order valence-electron chi connectivity index (χ1n) is 6.71. The highest BCUT2D eigenvalue weighted by Gasteiger charge is 2.23. The molecule has 2 aliphatic rings. The SMILES string of the molecule is Brc1cccc2c1N(CC1CCNCC1)CCS2. The van der Waals surface area contributed by atoms with E-state index >= 15 is 0 Å². The highest BCUT2D eigenvalue weighted by Crippen LogP contribution is 2.40. The van der Waals surface area contributed by atoms with Crippen LogP contribution in [0.5, 0.6) is 0 Å². The first-order chi connectivity index (χ1) is 8.84. The molecular weight excluding hydrogens is 308 g/mol. The van der Waals surface area contributed by atoms with Gasteiger partial charge in [-0.3, -0.25) is 0 Å². The molecule has 0 spiro atoms. The molecule has 4 heteroatoms. The Morgan fingerprint density at radius 3 is 3.00 bits per heavy atom. The number of fused-ring (bicyclic) bond motifs is 1. The molecule has 2 aliphatic heterocycles. The summed E-state index contributed by atoms with van der Waals surface area (Å²) < 4.78 is 1.25. The van der Waals surface area contributed by atoms with Crippen molar-refractivity contribution in [2.45, 2.75) is 17.7 Å². The van der Waals surface area contributed by atoms with Gasteiger partial charge in [0, 0.05) is 28.2 Å². The Kier molecular flexibility index (Phi) is 4.16. The maximum Gasteiger partial charge on any atom is 0.0649 e. The Labute approximate surface area is 122 Å². The van der Waals surface area contributed by atoms with E-state index in [1.165, 1.54) is 59.8 Å². The number of nitrogens with one attached hydrogen (secondary N) is 1. The number of piperidine rings is 1. The number of rotatable bonds is 2. The van der Waals surface area contributed by atoms with Crippen LogP contribution in [0.25, 0.3) is 0 Å². The first-order valence-corrected chi connectivity index (χ1v) is 8.49. The quantitative estimate of drug-likeness (QED) is 0.897. The molecule has 0 aromatic heterocycles. The lowest BCUT2D eigenvalue weighted by Crippen LogP contribution is -2.38. The Hall–Kier alpha value is -0.190. The molecule has 98 valence electrons. The molecule has 0 radical (unpaired) electrons. The summed E-state index contributed by atoms with van der Waals surface area (Å²) in [4.78, 5) is 4.02. The zero-order chi connectivity index (χ0) is 12.4. The maximum atomic E-state index is 3.72. The van der Waals surface area contributed by atoms with Crippen LogP contribution in [0.4, 0.5) is 5.69 Å². The van der Waals surface area contributed by atoms with Gasteiger partial charge >= 0.3 is 0 Å². The number of nitrogens with zero attached hydrogens (tertiary/aromatic N) is 1.